The molecule has 1 N–H and O–H groups in total. The maximum absolute atomic E-state index is 18.0. The number of esters is 1. The van der Waals surface area contributed by atoms with E-state index in [1.54, 1.807) is 13.8 Å². The summed E-state index contributed by atoms with van der Waals surface area (Å²) >= 11 is 0.510. The molecule has 0 amide bonds. The highest BCUT2D eigenvalue weighted by Crippen LogP contribution is 2.73. The molecular weight excluding hydrogens is 509 g/mol. The Bertz CT molecular complexity index is 1200. The highest BCUT2D eigenvalue weighted by atomic mass is 32.2. The van der Waals surface area contributed by atoms with Gasteiger partial charge in [0.05, 0.1) is 11.7 Å². The maximum atomic E-state index is 18.0. The second-order valence-corrected chi connectivity index (χ2v) is 12.2. The molecule has 10 heteroatoms. The number of carbonyl (C=O) groups is 3. The van der Waals surface area contributed by atoms with E-state index >= 15 is 8.78 Å². The number of fused-ring (bicyclic) bond motifs is 5. The van der Waals surface area contributed by atoms with E-state index in [1.165, 1.54) is 31.4 Å². The van der Waals surface area contributed by atoms with E-state index in [0.29, 0.717) is 18.2 Å². The number of thioether (sulfide) groups is 1. The highest BCUT2D eigenvalue weighted by molar-refractivity contribution is 8.13. The van der Waals surface area contributed by atoms with Crippen LogP contribution in [0.15, 0.2) is 46.6 Å². The minimum atomic E-state index is -2.82. The van der Waals surface area contributed by atoms with Gasteiger partial charge in [0.2, 0.25) is 11.5 Å². The number of allylic oxidation sites excluding steroid dienone is 4. The Morgan fingerprint density at radius 3 is 2.65 bits per heavy atom. The van der Waals surface area contributed by atoms with Crippen LogP contribution in [0.5, 0.6) is 0 Å². The van der Waals surface area contributed by atoms with Crippen molar-refractivity contribution in [3.05, 3.63) is 48.0 Å². The Labute approximate surface area is 216 Å². The quantitative estimate of drug-likeness (QED) is 0.420. The van der Waals surface area contributed by atoms with Crippen LogP contribution in [0, 0.1) is 34.5 Å². The highest BCUT2D eigenvalue weighted by Gasteiger charge is 2.79. The zero-order valence-electron chi connectivity index (χ0n) is 20.7. The van der Waals surface area contributed by atoms with Crippen LogP contribution >= 0.6 is 11.8 Å². The molecule has 0 bridgehead atoms. The predicted molar refractivity (Wildman–Crippen MR) is 128 cm³/mol. The molecule has 3 fully saturated rings. The summed E-state index contributed by atoms with van der Waals surface area (Å²) < 4.78 is 57.6. The first-order valence-electron chi connectivity index (χ1n) is 12.3. The second-order valence-electron chi connectivity index (χ2n) is 11.3. The lowest BCUT2D eigenvalue weighted by Crippen LogP contribution is -2.75. The average Bonchev–Trinajstić information content (AvgIpc) is 3.44. The number of ketones is 1. The first kappa shape index (κ1) is 26.3. The number of carbonyl (C=O) groups excluding carboxylic acids is 3. The monoisotopic (exact) mass is 538 g/mol. The van der Waals surface area contributed by atoms with Gasteiger partial charge in [0.15, 0.2) is 16.6 Å². The summed E-state index contributed by atoms with van der Waals surface area (Å²) in [5, 5.41) is 11.7. The van der Waals surface area contributed by atoms with Gasteiger partial charge < -0.3 is 14.3 Å². The molecule has 0 aliphatic heterocycles. The van der Waals surface area contributed by atoms with Crippen molar-refractivity contribution in [1.82, 2.24) is 0 Å². The van der Waals surface area contributed by atoms with Gasteiger partial charge in [-0.15, -0.1) is 0 Å². The molecule has 4 aliphatic carbocycles. The van der Waals surface area contributed by atoms with Crippen LogP contribution in [0.1, 0.15) is 50.6 Å². The topological polar surface area (TPSA) is 93.8 Å². The van der Waals surface area contributed by atoms with Crippen LogP contribution in [-0.4, -0.2) is 45.6 Å². The summed E-state index contributed by atoms with van der Waals surface area (Å²) in [6, 6.07) is 1.79. The molecule has 1 aromatic rings. The lowest BCUT2D eigenvalue weighted by Gasteiger charge is -2.65. The van der Waals surface area contributed by atoms with Gasteiger partial charge in [-0.05, 0) is 66.9 Å². The molecule has 6 nitrogen and oxygen atoms in total. The number of alkyl halides is 3. The summed E-state index contributed by atoms with van der Waals surface area (Å²) in [6.45, 7) is 4.91. The van der Waals surface area contributed by atoms with Crippen LogP contribution in [0.2, 0.25) is 0 Å². The van der Waals surface area contributed by atoms with Gasteiger partial charge in [0.1, 0.15) is 12.2 Å². The molecule has 0 radical (unpaired) electrons. The van der Waals surface area contributed by atoms with E-state index in [0.717, 1.165) is 12.2 Å². The van der Waals surface area contributed by atoms with E-state index in [1.807, 2.05) is 0 Å². The minimum absolute atomic E-state index is 0.124. The standard InChI is InChI=1S/C27H29F3O6S/c1-14-9-16-17-11-19(29)18-10-15(31)6-7-25(18,3)27(17,30)26(34,36-22(32)20-5-4-8-35-20)12-24(16,2)21(14)23(33)37-13-28/h4-8,10,14,16-17,19,21,34H,9,11-13H2,1-3H3/t14-,16+,17+,19+,21-,24+,25+,26-,27-/m1/s1. The molecule has 4 aliphatic rings. The lowest BCUT2D eigenvalue weighted by molar-refractivity contribution is -0.339. The Balaban J connectivity index is 1.69. The third kappa shape index (κ3) is 3.47. The van der Waals surface area contributed by atoms with E-state index in [2.05, 4.69) is 0 Å². The number of ether oxygens (including phenoxy) is 1. The number of hydrogen-bond acceptors (Lipinski definition) is 7. The predicted octanol–water partition coefficient (Wildman–Crippen LogP) is 5.13. The Morgan fingerprint density at radius 2 is 2.00 bits per heavy atom. The molecule has 0 saturated heterocycles. The summed E-state index contributed by atoms with van der Waals surface area (Å²) in [5.41, 5.74) is -5.81. The van der Waals surface area contributed by atoms with Gasteiger partial charge >= 0.3 is 5.97 Å². The Kier molecular flexibility index (Phi) is 6.10. The second kappa shape index (κ2) is 8.59. The van der Waals surface area contributed by atoms with Gasteiger partial charge in [0.25, 0.3) is 0 Å². The average molecular weight is 539 g/mol. The van der Waals surface area contributed by atoms with Crippen molar-refractivity contribution < 1.29 is 41.8 Å². The SMILES string of the molecule is C[C@@H]1C[C@H]2[C@@H]3C[C@H](F)C4=CC(=O)C=C[C@]4(C)[C@@]3(F)[C@](O)(OC(=O)c3ccco3)C[C@]2(C)[C@H]1C(=O)SCF. The molecule has 3 saturated carbocycles. The first-order valence-corrected chi connectivity index (χ1v) is 13.3. The number of rotatable bonds is 4. The normalized spacial score (nSPS) is 44.5. The van der Waals surface area contributed by atoms with Gasteiger partial charge in [-0.2, -0.15) is 0 Å². The minimum Gasteiger partial charge on any atom is -0.457 e. The molecule has 5 rings (SSSR count). The molecule has 0 aromatic carbocycles. The first-order chi connectivity index (χ1) is 17.3. The van der Waals surface area contributed by atoms with Crippen LogP contribution in [0.4, 0.5) is 13.2 Å². The van der Waals surface area contributed by atoms with Crippen molar-refractivity contribution in [2.75, 3.05) is 6.01 Å². The van der Waals surface area contributed by atoms with Gasteiger partial charge in [-0.1, -0.05) is 31.7 Å². The maximum Gasteiger partial charge on any atom is 0.376 e. The number of aliphatic hydroxyl groups is 1. The lowest BCUT2D eigenvalue weighted by atomic mass is 9.44. The number of furan rings is 1. The van der Waals surface area contributed by atoms with Crippen LogP contribution in [0.25, 0.3) is 0 Å². The molecule has 1 aromatic heterocycles. The summed E-state index contributed by atoms with van der Waals surface area (Å²) in [4.78, 5) is 38.2. The van der Waals surface area contributed by atoms with E-state index < -0.39 is 75.5 Å². The van der Waals surface area contributed by atoms with Crippen LogP contribution < -0.4 is 0 Å². The third-order valence-electron chi connectivity index (χ3n) is 9.41. The third-order valence-corrected chi connectivity index (χ3v) is 10.1. The van der Waals surface area contributed by atoms with Gasteiger partial charge in [-0.3, -0.25) is 9.59 Å². The van der Waals surface area contributed by atoms with Gasteiger partial charge in [-0.25, -0.2) is 18.0 Å². The summed E-state index contributed by atoms with van der Waals surface area (Å²) in [6.07, 6.45) is 2.46. The van der Waals surface area contributed by atoms with Gasteiger partial charge in [0, 0.05) is 18.3 Å². The summed E-state index contributed by atoms with van der Waals surface area (Å²) in [5.74, 6) is -7.55. The number of hydrogen-bond donors (Lipinski definition) is 1. The van der Waals surface area contributed by atoms with Crippen molar-refractivity contribution in [1.29, 1.82) is 0 Å². The smallest absolute Gasteiger partial charge is 0.376 e. The van der Waals surface area contributed by atoms with Crippen molar-refractivity contribution in [2.45, 2.75) is 57.7 Å². The van der Waals surface area contributed by atoms with Crippen LogP contribution in [0.3, 0.4) is 0 Å². The van der Waals surface area contributed by atoms with Crippen molar-refractivity contribution in [3.63, 3.8) is 0 Å². The van der Waals surface area contributed by atoms with Crippen LogP contribution in [-0.2, 0) is 14.3 Å². The Hall–Kier alpha value is -2.33. The molecular formula is C27H29F3O6S. The Morgan fingerprint density at radius 1 is 1.27 bits per heavy atom. The zero-order valence-corrected chi connectivity index (χ0v) is 21.5. The molecule has 37 heavy (non-hydrogen) atoms. The fourth-order valence-electron chi connectivity index (χ4n) is 8.03. The molecule has 9 atom stereocenters. The van der Waals surface area contributed by atoms with E-state index in [4.69, 9.17) is 9.15 Å². The van der Waals surface area contributed by atoms with E-state index in [9.17, 15) is 23.9 Å². The largest absolute Gasteiger partial charge is 0.457 e. The van der Waals surface area contributed by atoms with Crippen molar-refractivity contribution in [2.24, 2.45) is 34.5 Å². The fraction of sp³-hybridized carbons (Fsp3) is 0.593. The molecule has 1 heterocycles. The fourth-order valence-corrected chi connectivity index (χ4v) is 8.82. The molecule has 0 unspecified atom stereocenters. The molecule has 200 valence electrons. The van der Waals surface area contributed by atoms with E-state index in [-0.39, 0.29) is 23.7 Å². The number of halogens is 3. The van der Waals surface area contributed by atoms with Crippen molar-refractivity contribution >= 4 is 28.6 Å². The zero-order chi connectivity index (χ0) is 27.0. The van der Waals surface area contributed by atoms with Crippen molar-refractivity contribution in [3.8, 4) is 0 Å². The molecule has 0 spiro atoms. The summed E-state index contributed by atoms with van der Waals surface area (Å²) in [7, 11) is 0.